The first-order valence-corrected chi connectivity index (χ1v) is 10.0. The van der Waals surface area contributed by atoms with E-state index in [4.69, 9.17) is 5.14 Å². The average molecular weight is 412 g/mol. The quantitative estimate of drug-likeness (QED) is 0.325. The van der Waals surface area contributed by atoms with Crippen molar-refractivity contribution >= 4 is 45.9 Å². The van der Waals surface area contributed by atoms with Crippen LogP contribution < -0.4 is 5.14 Å². The Morgan fingerprint density at radius 1 is 0.929 bits per heavy atom. The van der Waals surface area contributed by atoms with Gasteiger partial charge in [0.25, 0.3) is 0 Å². The van der Waals surface area contributed by atoms with E-state index in [1.54, 1.807) is 12.1 Å². The molecule has 0 aliphatic heterocycles. The second-order valence-corrected chi connectivity index (χ2v) is 7.77. The molecule has 28 heavy (non-hydrogen) atoms. The lowest BCUT2D eigenvalue weighted by atomic mass is 10.2. The second-order valence-electron chi connectivity index (χ2n) is 5.73. The molecule has 0 atom stereocenters. The molecule has 0 radical (unpaired) electrons. The zero-order valence-corrected chi connectivity index (χ0v) is 16.2. The highest BCUT2D eigenvalue weighted by molar-refractivity contribution is 7.89. The summed E-state index contributed by atoms with van der Waals surface area (Å²) in [7, 11) is -3.75. The molecule has 0 spiro atoms. The van der Waals surface area contributed by atoms with Crippen LogP contribution in [0, 0.1) is 0 Å². The third-order valence-corrected chi connectivity index (χ3v) is 4.99. The van der Waals surface area contributed by atoms with Gasteiger partial charge in [-0.2, -0.15) is 10.2 Å². The van der Waals surface area contributed by atoms with Crippen LogP contribution in [-0.4, -0.2) is 19.7 Å². The summed E-state index contributed by atoms with van der Waals surface area (Å²) in [5.41, 5.74) is 2.10. The van der Waals surface area contributed by atoms with E-state index in [0.29, 0.717) is 22.6 Å². The third kappa shape index (κ3) is 5.03. The lowest BCUT2D eigenvalue weighted by Gasteiger charge is -2.01. The number of hydrogen-bond acceptors (Lipinski definition) is 7. The molecular weight excluding hydrogens is 396 g/mol. The van der Waals surface area contributed by atoms with Gasteiger partial charge < -0.3 is 5.11 Å². The van der Waals surface area contributed by atoms with Crippen LogP contribution in [-0.2, 0) is 10.0 Å². The fraction of sp³-hybridized carbons (Fsp3) is 0. The molecule has 7 nitrogen and oxygen atoms in total. The number of benzene rings is 3. The highest BCUT2D eigenvalue weighted by Gasteiger charge is 2.06. The molecule has 0 saturated carbocycles. The average Bonchev–Trinajstić information content (AvgIpc) is 2.67. The smallest absolute Gasteiger partial charge is 0.238 e. The van der Waals surface area contributed by atoms with Crippen molar-refractivity contribution in [2.75, 3.05) is 0 Å². The molecule has 0 heterocycles. The van der Waals surface area contributed by atoms with Gasteiger partial charge in [0, 0.05) is 16.7 Å². The number of para-hydroxylation sites is 1. The van der Waals surface area contributed by atoms with Crippen LogP contribution in [0.1, 0.15) is 5.56 Å². The number of primary sulfonamides is 1. The van der Waals surface area contributed by atoms with Gasteiger partial charge in [0.2, 0.25) is 10.0 Å². The van der Waals surface area contributed by atoms with Crippen molar-refractivity contribution in [2.24, 2.45) is 20.4 Å². The van der Waals surface area contributed by atoms with Crippen LogP contribution >= 0.6 is 12.6 Å². The van der Waals surface area contributed by atoms with Crippen molar-refractivity contribution in [2.45, 2.75) is 9.79 Å². The molecule has 3 aromatic rings. The molecule has 3 aromatic carbocycles. The van der Waals surface area contributed by atoms with Gasteiger partial charge in [-0.25, -0.2) is 13.6 Å². The number of aliphatic imine (C=N–C) groups is 1. The summed E-state index contributed by atoms with van der Waals surface area (Å²) in [6, 6.07) is 17.8. The van der Waals surface area contributed by atoms with Crippen LogP contribution in [0.25, 0.3) is 0 Å². The first kappa shape index (κ1) is 19.7. The lowest BCUT2D eigenvalue weighted by Crippen LogP contribution is -2.11. The summed E-state index contributed by atoms with van der Waals surface area (Å²) in [6.45, 7) is 0. The minimum absolute atomic E-state index is 0.000878. The Labute approximate surface area is 167 Å². The van der Waals surface area contributed by atoms with Gasteiger partial charge in [-0.3, -0.25) is 4.99 Å². The fourth-order valence-electron chi connectivity index (χ4n) is 2.24. The van der Waals surface area contributed by atoms with Crippen LogP contribution in [0.5, 0.6) is 5.75 Å². The van der Waals surface area contributed by atoms with E-state index in [-0.39, 0.29) is 10.6 Å². The molecule has 0 bridgehead atoms. The van der Waals surface area contributed by atoms with Gasteiger partial charge in [-0.15, -0.1) is 12.6 Å². The molecule has 142 valence electrons. The molecule has 0 fully saturated rings. The number of phenolic OH excluding ortho intramolecular Hbond substituents is 1. The summed E-state index contributed by atoms with van der Waals surface area (Å²) >= 11 is 4.33. The molecule has 0 amide bonds. The van der Waals surface area contributed by atoms with Gasteiger partial charge in [0.15, 0.2) is 0 Å². The molecular formula is C19H16N4O3S2. The summed E-state index contributed by atoms with van der Waals surface area (Å²) in [4.78, 5) is 5.05. The Morgan fingerprint density at radius 2 is 1.57 bits per heavy atom. The van der Waals surface area contributed by atoms with E-state index >= 15 is 0 Å². The van der Waals surface area contributed by atoms with E-state index in [9.17, 15) is 13.5 Å². The van der Waals surface area contributed by atoms with Crippen LogP contribution in [0.15, 0.2) is 91.7 Å². The highest BCUT2D eigenvalue weighted by atomic mass is 32.2. The van der Waals surface area contributed by atoms with Gasteiger partial charge >= 0.3 is 0 Å². The van der Waals surface area contributed by atoms with Crippen molar-refractivity contribution < 1.29 is 13.5 Å². The topological polar surface area (TPSA) is 117 Å². The lowest BCUT2D eigenvalue weighted by molar-refractivity contribution is 0.474. The zero-order valence-electron chi connectivity index (χ0n) is 14.5. The molecule has 3 N–H and O–H groups in total. The Bertz CT molecular complexity index is 1160. The molecule has 0 aliphatic carbocycles. The van der Waals surface area contributed by atoms with E-state index in [2.05, 4.69) is 27.8 Å². The predicted octanol–water partition coefficient (Wildman–Crippen LogP) is 4.49. The molecule has 0 unspecified atom stereocenters. The van der Waals surface area contributed by atoms with Crippen LogP contribution in [0.4, 0.5) is 17.1 Å². The van der Waals surface area contributed by atoms with Gasteiger partial charge in [-0.1, -0.05) is 12.1 Å². The number of sulfonamides is 1. The predicted molar refractivity (Wildman–Crippen MR) is 111 cm³/mol. The number of hydrogen-bond donors (Lipinski definition) is 3. The summed E-state index contributed by atoms with van der Waals surface area (Å²) in [5.74, 6) is 0.0526. The maximum atomic E-state index is 11.3. The standard InChI is InChI=1S/C19H16N4O3S2/c20-28(25,26)16-8-5-14(6-9-16)22-23-15-7-10-18(24)13(11-15)12-21-17-3-1-2-4-19(17)27/h1-12,24,27H,(H2,20,25,26). The first-order chi connectivity index (χ1) is 13.3. The van der Waals surface area contributed by atoms with Crippen molar-refractivity contribution in [3.05, 3.63) is 72.3 Å². The number of thiol groups is 1. The highest BCUT2D eigenvalue weighted by Crippen LogP contribution is 2.26. The minimum Gasteiger partial charge on any atom is -0.507 e. The first-order valence-electron chi connectivity index (χ1n) is 8.02. The number of nitrogens with two attached hydrogens (primary N) is 1. The number of azo groups is 1. The van der Waals surface area contributed by atoms with E-state index in [1.165, 1.54) is 36.5 Å². The Balaban J connectivity index is 1.81. The third-order valence-electron chi connectivity index (χ3n) is 3.68. The Kier molecular flexibility index (Phi) is 5.88. The van der Waals surface area contributed by atoms with Crippen molar-refractivity contribution in [1.29, 1.82) is 0 Å². The number of phenols is 1. The van der Waals surface area contributed by atoms with Crippen LogP contribution in [0.3, 0.4) is 0 Å². The largest absolute Gasteiger partial charge is 0.507 e. The molecule has 9 heteroatoms. The van der Waals surface area contributed by atoms with Crippen molar-refractivity contribution in [1.82, 2.24) is 0 Å². The summed E-state index contributed by atoms with van der Waals surface area (Å²) < 4.78 is 22.5. The number of aromatic hydroxyl groups is 1. The molecule has 3 rings (SSSR count). The van der Waals surface area contributed by atoms with Crippen molar-refractivity contribution in [3.8, 4) is 5.75 Å². The SMILES string of the molecule is NS(=O)(=O)c1ccc(N=Nc2ccc(O)c(C=Nc3ccccc3S)c2)cc1. The van der Waals surface area contributed by atoms with E-state index in [0.717, 1.165) is 4.90 Å². The minimum atomic E-state index is -3.75. The number of rotatable bonds is 5. The van der Waals surface area contributed by atoms with E-state index in [1.807, 2.05) is 24.3 Å². The van der Waals surface area contributed by atoms with Gasteiger partial charge in [-0.05, 0) is 54.6 Å². The maximum Gasteiger partial charge on any atom is 0.238 e. The monoisotopic (exact) mass is 412 g/mol. The van der Waals surface area contributed by atoms with E-state index < -0.39 is 10.0 Å². The second kappa shape index (κ2) is 8.34. The normalized spacial score (nSPS) is 12.1. The fourth-order valence-corrected chi connectivity index (χ4v) is 2.97. The number of nitrogens with zero attached hydrogens (tertiary/aromatic N) is 3. The van der Waals surface area contributed by atoms with Gasteiger partial charge in [0.1, 0.15) is 5.75 Å². The zero-order chi connectivity index (χ0) is 20.1. The summed E-state index contributed by atoms with van der Waals surface area (Å²) in [6.07, 6.45) is 1.52. The molecule has 0 aliphatic rings. The molecule has 0 saturated heterocycles. The Morgan fingerprint density at radius 3 is 2.25 bits per heavy atom. The molecule has 0 aromatic heterocycles. The Hall–Kier alpha value is -3.01. The maximum absolute atomic E-state index is 11.3. The van der Waals surface area contributed by atoms with Crippen molar-refractivity contribution in [3.63, 3.8) is 0 Å². The van der Waals surface area contributed by atoms with Crippen LogP contribution in [0.2, 0.25) is 0 Å². The summed E-state index contributed by atoms with van der Waals surface area (Å²) in [5, 5.41) is 23.2. The van der Waals surface area contributed by atoms with Gasteiger partial charge in [0.05, 0.1) is 22.0 Å².